The van der Waals surface area contributed by atoms with E-state index in [0.29, 0.717) is 37.9 Å². The van der Waals surface area contributed by atoms with Crippen LogP contribution < -0.4 is 9.80 Å². The van der Waals surface area contributed by atoms with Crippen molar-refractivity contribution in [2.75, 3.05) is 56.9 Å². The lowest BCUT2D eigenvalue weighted by atomic mass is 10.0. The summed E-state index contributed by atoms with van der Waals surface area (Å²) >= 11 is 0. The molecule has 1 atom stereocenters. The molecule has 9 nitrogen and oxygen atoms in total. The Hall–Kier alpha value is -2.00. The van der Waals surface area contributed by atoms with Crippen LogP contribution in [0.3, 0.4) is 0 Å². The molecule has 0 radical (unpaired) electrons. The molecule has 1 saturated heterocycles. The van der Waals surface area contributed by atoms with E-state index in [1.165, 1.54) is 6.33 Å². The number of hydrogen-bond donors (Lipinski definition) is 0. The fourth-order valence-corrected chi connectivity index (χ4v) is 3.10. The molecule has 1 aliphatic rings. The highest BCUT2D eigenvalue weighted by Gasteiger charge is 2.32. The molecule has 1 aliphatic heterocycles. The topological polar surface area (TPSA) is 93.9 Å². The summed E-state index contributed by atoms with van der Waals surface area (Å²) in [6, 6.07) is 0.224. The van der Waals surface area contributed by atoms with Gasteiger partial charge in [-0.15, -0.1) is 0 Å². The zero-order valence-corrected chi connectivity index (χ0v) is 15.2. The van der Waals surface area contributed by atoms with Gasteiger partial charge in [0.25, 0.3) is 0 Å². The first-order valence-corrected chi connectivity index (χ1v) is 8.59. The average molecular weight is 353 g/mol. The van der Waals surface area contributed by atoms with E-state index in [-0.39, 0.29) is 16.7 Å². The predicted molar refractivity (Wildman–Crippen MR) is 95.3 cm³/mol. The molecule has 0 aromatic carbocycles. The Bertz CT molecular complexity index is 563. The van der Waals surface area contributed by atoms with Crippen molar-refractivity contribution < 1.29 is 14.4 Å². The molecule has 0 N–H and O–H groups in total. The Balaban J connectivity index is 2.41. The van der Waals surface area contributed by atoms with Crippen molar-refractivity contribution in [3.8, 4) is 0 Å². The molecule has 2 heterocycles. The Morgan fingerprint density at radius 2 is 1.96 bits per heavy atom. The number of hydrogen-bond acceptors (Lipinski definition) is 8. The quantitative estimate of drug-likeness (QED) is 0.490. The van der Waals surface area contributed by atoms with Crippen molar-refractivity contribution in [3.63, 3.8) is 0 Å². The van der Waals surface area contributed by atoms with E-state index in [0.717, 1.165) is 25.8 Å². The summed E-state index contributed by atoms with van der Waals surface area (Å²) in [4.78, 5) is 23.8. The maximum Gasteiger partial charge on any atom is 0.353 e. The maximum absolute atomic E-state index is 11.9. The Kier molecular flexibility index (Phi) is 7.32. The second-order valence-corrected chi connectivity index (χ2v) is 6.14. The van der Waals surface area contributed by atoms with E-state index in [1.807, 2.05) is 9.80 Å². The highest BCUT2D eigenvalue weighted by atomic mass is 16.6. The van der Waals surface area contributed by atoms with Gasteiger partial charge in [0.15, 0.2) is 0 Å². The molecule has 140 valence electrons. The number of nitrogens with zero attached hydrogens (tertiary/aromatic N) is 5. The SMILES string of the molecule is COCCN(CCOC)c1ncnc(N2CCCCC2C)c1[N+](=O)[O-]. The van der Waals surface area contributed by atoms with Crippen molar-refractivity contribution >= 4 is 17.3 Å². The third-order valence-corrected chi connectivity index (χ3v) is 4.47. The van der Waals surface area contributed by atoms with Gasteiger partial charge in [-0.25, -0.2) is 9.97 Å². The standard InChI is InChI=1S/C16H27N5O4/c1-13-6-4-5-7-20(13)16-14(21(22)23)15(17-12-18-16)19(8-10-24-2)9-11-25-3/h12-13H,4-11H2,1-3H3. The summed E-state index contributed by atoms with van der Waals surface area (Å²) in [5.41, 5.74) is -0.0385. The Morgan fingerprint density at radius 1 is 1.28 bits per heavy atom. The highest BCUT2D eigenvalue weighted by Crippen LogP contribution is 2.36. The number of anilines is 2. The zero-order valence-electron chi connectivity index (χ0n) is 15.2. The number of rotatable bonds is 9. The summed E-state index contributed by atoms with van der Waals surface area (Å²) in [6.45, 7) is 4.73. The predicted octanol–water partition coefficient (Wildman–Crippen LogP) is 1.86. The number of methoxy groups -OCH3 is 2. The summed E-state index contributed by atoms with van der Waals surface area (Å²) < 4.78 is 10.3. The highest BCUT2D eigenvalue weighted by molar-refractivity contribution is 5.71. The number of ether oxygens (including phenoxy) is 2. The molecule has 9 heteroatoms. The van der Waals surface area contributed by atoms with Crippen LogP contribution in [0.4, 0.5) is 17.3 Å². The minimum absolute atomic E-state index is 0.0385. The van der Waals surface area contributed by atoms with Crippen molar-refractivity contribution in [2.24, 2.45) is 0 Å². The third kappa shape index (κ3) is 4.76. The van der Waals surface area contributed by atoms with Crippen molar-refractivity contribution in [2.45, 2.75) is 32.2 Å². The number of nitro groups is 1. The second kappa shape index (κ2) is 9.47. The van der Waals surface area contributed by atoms with Crippen LogP contribution in [-0.4, -0.2) is 68.0 Å². The summed E-state index contributed by atoms with van der Waals surface area (Å²) in [5.74, 6) is 0.726. The minimum atomic E-state index is -0.376. The van der Waals surface area contributed by atoms with Gasteiger partial charge in [0.2, 0.25) is 11.6 Å². The van der Waals surface area contributed by atoms with E-state index in [4.69, 9.17) is 9.47 Å². The van der Waals surface area contributed by atoms with Crippen LogP contribution in [0, 0.1) is 10.1 Å². The summed E-state index contributed by atoms with van der Waals surface area (Å²) in [6.07, 6.45) is 4.56. The molecule has 2 rings (SSSR count). The maximum atomic E-state index is 11.9. The van der Waals surface area contributed by atoms with E-state index in [1.54, 1.807) is 14.2 Å². The lowest BCUT2D eigenvalue weighted by Gasteiger charge is -2.34. The van der Waals surface area contributed by atoms with Gasteiger partial charge in [-0.05, 0) is 26.2 Å². The van der Waals surface area contributed by atoms with Gasteiger partial charge in [-0.1, -0.05) is 0 Å². The lowest BCUT2D eigenvalue weighted by Crippen LogP contribution is -2.39. The lowest BCUT2D eigenvalue weighted by molar-refractivity contribution is -0.383. The Labute approximate surface area is 148 Å². The van der Waals surface area contributed by atoms with E-state index in [2.05, 4.69) is 16.9 Å². The first-order valence-electron chi connectivity index (χ1n) is 8.59. The molecule has 0 amide bonds. The molecule has 1 aromatic heterocycles. The molecular weight excluding hydrogens is 326 g/mol. The van der Waals surface area contributed by atoms with Gasteiger partial charge in [0.05, 0.1) is 18.1 Å². The molecule has 1 aromatic rings. The van der Waals surface area contributed by atoms with Gasteiger partial charge in [-0.3, -0.25) is 10.1 Å². The van der Waals surface area contributed by atoms with E-state index in [9.17, 15) is 10.1 Å². The number of piperidine rings is 1. The molecule has 25 heavy (non-hydrogen) atoms. The average Bonchev–Trinajstić information content (AvgIpc) is 2.61. The van der Waals surface area contributed by atoms with Gasteiger partial charge < -0.3 is 19.3 Å². The Morgan fingerprint density at radius 3 is 2.52 bits per heavy atom. The largest absolute Gasteiger partial charge is 0.383 e. The van der Waals surface area contributed by atoms with Gasteiger partial charge >= 0.3 is 5.69 Å². The van der Waals surface area contributed by atoms with Crippen LogP contribution in [0.5, 0.6) is 0 Å². The van der Waals surface area contributed by atoms with Gasteiger partial charge in [0, 0.05) is 39.9 Å². The van der Waals surface area contributed by atoms with Crippen LogP contribution in [0.25, 0.3) is 0 Å². The molecular formula is C16H27N5O4. The van der Waals surface area contributed by atoms with Crippen molar-refractivity contribution in [1.29, 1.82) is 0 Å². The molecule has 0 saturated carbocycles. The molecule has 0 spiro atoms. The third-order valence-electron chi connectivity index (χ3n) is 4.47. The summed E-state index contributed by atoms with van der Waals surface area (Å²) in [5, 5.41) is 11.9. The first kappa shape index (κ1) is 19.3. The zero-order chi connectivity index (χ0) is 18.2. The van der Waals surface area contributed by atoms with Crippen LogP contribution in [0.15, 0.2) is 6.33 Å². The van der Waals surface area contributed by atoms with E-state index < -0.39 is 0 Å². The monoisotopic (exact) mass is 353 g/mol. The van der Waals surface area contributed by atoms with Crippen LogP contribution >= 0.6 is 0 Å². The number of aromatic nitrogens is 2. The smallest absolute Gasteiger partial charge is 0.353 e. The van der Waals surface area contributed by atoms with E-state index >= 15 is 0 Å². The summed E-state index contributed by atoms with van der Waals surface area (Å²) in [7, 11) is 3.20. The second-order valence-electron chi connectivity index (χ2n) is 6.14. The normalized spacial score (nSPS) is 17.6. The molecule has 1 unspecified atom stereocenters. The molecule has 0 bridgehead atoms. The van der Waals surface area contributed by atoms with Crippen molar-refractivity contribution in [3.05, 3.63) is 16.4 Å². The first-order chi connectivity index (χ1) is 12.1. The van der Waals surface area contributed by atoms with Crippen molar-refractivity contribution in [1.82, 2.24) is 9.97 Å². The van der Waals surface area contributed by atoms with Gasteiger partial charge in [0.1, 0.15) is 6.33 Å². The van der Waals surface area contributed by atoms with Gasteiger partial charge in [-0.2, -0.15) is 0 Å². The fraction of sp³-hybridized carbons (Fsp3) is 0.750. The van der Waals surface area contributed by atoms with Crippen LogP contribution in [0.1, 0.15) is 26.2 Å². The van der Waals surface area contributed by atoms with Crippen LogP contribution in [0.2, 0.25) is 0 Å². The molecule has 0 aliphatic carbocycles. The van der Waals surface area contributed by atoms with Crippen LogP contribution in [-0.2, 0) is 9.47 Å². The minimum Gasteiger partial charge on any atom is -0.383 e. The fourth-order valence-electron chi connectivity index (χ4n) is 3.10. The molecule has 1 fully saturated rings.